The number of nitro benzene ring substituents is 1. The summed E-state index contributed by atoms with van der Waals surface area (Å²) in [5.74, 6) is 0.548. The van der Waals surface area contributed by atoms with Gasteiger partial charge in [-0.3, -0.25) is 14.9 Å². The van der Waals surface area contributed by atoms with Crippen LogP contribution in [0.15, 0.2) is 71.9 Å². The van der Waals surface area contributed by atoms with Crippen LogP contribution in [-0.2, 0) is 11.3 Å². The Balaban J connectivity index is 1.46. The quantitative estimate of drug-likeness (QED) is 0.256. The van der Waals surface area contributed by atoms with Crippen molar-refractivity contribution in [3.8, 4) is 11.4 Å². The van der Waals surface area contributed by atoms with Crippen molar-refractivity contribution in [1.82, 2.24) is 14.8 Å². The summed E-state index contributed by atoms with van der Waals surface area (Å²) in [4.78, 5) is 23.1. The van der Waals surface area contributed by atoms with Crippen molar-refractivity contribution < 1.29 is 9.72 Å². The number of rotatable bonds is 7. The summed E-state index contributed by atoms with van der Waals surface area (Å²) in [6, 6.07) is 20.0. The molecule has 0 aliphatic rings. The van der Waals surface area contributed by atoms with E-state index >= 15 is 0 Å². The van der Waals surface area contributed by atoms with Gasteiger partial charge in [0.05, 0.1) is 10.7 Å². The summed E-state index contributed by atoms with van der Waals surface area (Å²) >= 11 is 1.27. The SMILES string of the molecule is CCn1c(SCC(=O)Nc2ccc3ccccc3c2)nnc1-c1cccc([N+](=O)[O-])c1. The summed E-state index contributed by atoms with van der Waals surface area (Å²) in [7, 11) is 0. The molecule has 1 amide bonds. The number of carbonyl (C=O) groups excluding carboxylic acids is 1. The third-order valence-corrected chi connectivity index (χ3v) is 5.68. The number of nitrogens with one attached hydrogen (secondary N) is 1. The molecule has 4 aromatic rings. The van der Waals surface area contributed by atoms with Crippen molar-refractivity contribution in [2.24, 2.45) is 0 Å². The fourth-order valence-electron chi connectivity index (χ4n) is 3.25. The Bertz CT molecular complexity index is 1270. The predicted octanol–water partition coefficient (Wildman–Crippen LogP) is 4.76. The molecule has 0 aliphatic carbocycles. The van der Waals surface area contributed by atoms with E-state index in [2.05, 4.69) is 15.5 Å². The highest BCUT2D eigenvalue weighted by molar-refractivity contribution is 7.99. The van der Waals surface area contributed by atoms with Crippen molar-refractivity contribution in [3.05, 3.63) is 76.8 Å². The summed E-state index contributed by atoms with van der Waals surface area (Å²) in [6.07, 6.45) is 0. The fraction of sp³-hybridized carbons (Fsp3) is 0.136. The smallest absolute Gasteiger partial charge is 0.270 e. The summed E-state index contributed by atoms with van der Waals surface area (Å²) in [6.45, 7) is 2.50. The number of hydrogen-bond donors (Lipinski definition) is 1. The van der Waals surface area contributed by atoms with Crippen molar-refractivity contribution >= 4 is 39.8 Å². The third-order valence-electron chi connectivity index (χ3n) is 4.71. The normalized spacial score (nSPS) is 10.9. The Morgan fingerprint density at radius 2 is 1.87 bits per heavy atom. The molecule has 31 heavy (non-hydrogen) atoms. The van der Waals surface area contributed by atoms with Gasteiger partial charge in [-0.15, -0.1) is 10.2 Å². The number of thioether (sulfide) groups is 1. The first-order valence-electron chi connectivity index (χ1n) is 9.64. The van der Waals surface area contributed by atoms with Crippen molar-refractivity contribution in [3.63, 3.8) is 0 Å². The Hall–Kier alpha value is -3.72. The van der Waals surface area contributed by atoms with Gasteiger partial charge in [0.25, 0.3) is 5.69 Å². The van der Waals surface area contributed by atoms with E-state index in [9.17, 15) is 14.9 Å². The molecular weight excluding hydrogens is 414 g/mol. The van der Waals surface area contributed by atoms with Crippen LogP contribution in [0.2, 0.25) is 0 Å². The number of benzene rings is 3. The number of anilines is 1. The molecule has 0 atom stereocenters. The first-order valence-corrected chi connectivity index (χ1v) is 10.6. The molecule has 1 aromatic heterocycles. The van der Waals surface area contributed by atoms with Crippen LogP contribution in [0.4, 0.5) is 11.4 Å². The lowest BCUT2D eigenvalue weighted by molar-refractivity contribution is -0.384. The van der Waals surface area contributed by atoms with E-state index in [0.29, 0.717) is 23.1 Å². The van der Waals surface area contributed by atoms with Gasteiger partial charge in [0.1, 0.15) is 0 Å². The maximum atomic E-state index is 12.5. The number of carbonyl (C=O) groups is 1. The highest BCUT2D eigenvalue weighted by Gasteiger charge is 2.17. The molecule has 0 bridgehead atoms. The van der Waals surface area contributed by atoms with Crippen molar-refractivity contribution in [2.75, 3.05) is 11.1 Å². The zero-order chi connectivity index (χ0) is 21.8. The van der Waals surface area contributed by atoms with Gasteiger partial charge >= 0.3 is 0 Å². The highest BCUT2D eigenvalue weighted by atomic mass is 32.2. The number of nitrogens with zero attached hydrogens (tertiary/aromatic N) is 4. The van der Waals surface area contributed by atoms with Crippen LogP contribution in [0.3, 0.4) is 0 Å². The van der Waals surface area contributed by atoms with Crippen LogP contribution in [0.1, 0.15) is 6.92 Å². The number of hydrogen-bond acceptors (Lipinski definition) is 6. The average molecular weight is 433 g/mol. The molecule has 1 heterocycles. The number of aromatic nitrogens is 3. The van der Waals surface area contributed by atoms with E-state index in [-0.39, 0.29) is 17.3 Å². The third kappa shape index (κ3) is 4.56. The maximum absolute atomic E-state index is 12.5. The topological polar surface area (TPSA) is 103 Å². The second-order valence-corrected chi connectivity index (χ2v) is 7.70. The second kappa shape index (κ2) is 8.97. The van der Waals surface area contributed by atoms with Crippen LogP contribution >= 0.6 is 11.8 Å². The van der Waals surface area contributed by atoms with Gasteiger partial charge in [-0.25, -0.2) is 0 Å². The largest absolute Gasteiger partial charge is 0.325 e. The molecule has 8 nitrogen and oxygen atoms in total. The molecule has 3 aromatic carbocycles. The predicted molar refractivity (Wildman–Crippen MR) is 121 cm³/mol. The summed E-state index contributed by atoms with van der Waals surface area (Å²) in [5.41, 5.74) is 1.33. The molecule has 0 saturated heterocycles. The molecule has 0 unspecified atom stereocenters. The molecule has 0 radical (unpaired) electrons. The van der Waals surface area contributed by atoms with Crippen molar-refractivity contribution in [2.45, 2.75) is 18.6 Å². The van der Waals surface area contributed by atoms with Gasteiger partial charge in [-0.05, 0) is 29.8 Å². The molecule has 0 aliphatic heterocycles. The van der Waals surface area contributed by atoms with Crippen LogP contribution in [0.25, 0.3) is 22.2 Å². The lowest BCUT2D eigenvalue weighted by Gasteiger charge is -2.08. The van der Waals surface area contributed by atoms with Crippen molar-refractivity contribution in [1.29, 1.82) is 0 Å². The van der Waals surface area contributed by atoms with Crippen LogP contribution in [-0.4, -0.2) is 31.3 Å². The maximum Gasteiger partial charge on any atom is 0.270 e. The van der Waals surface area contributed by atoms with Gasteiger partial charge in [0.2, 0.25) is 5.91 Å². The fourth-order valence-corrected chi connectivity index (χ4v) is 4.05. The Labute approximate surface area is 182 Å². The summed E-state index contributed by atoms with van der Waals surface area (Å²) in [5, 5.41) is 25.1. The van der Waals surface area contributed by atoms with E-state index < -0.39 is 4.92 Å². The first kappa shape index (κ1) is 20.5. The zero-order valence-corrected chi connectivity index (χ0v) is 17.5. The average Bonchev–Trinajstić information content (AvgIpc) is 3.20. The van der Waals surface area contributed by atoms with E-state index in [4.69, 9.17) is 0 Å². The monoisotopic (exact) mass is 433 g/mol. The Morgan fingerprint density at radius 3 is 2.65 bits per heavy atom. The first-order chi connectivity index (χ1) is 15.0. The Morgan fingerprint density at radius 1 is 1.06 bits per heavy atom. The molecule has 1 N–H and O–H groups in total. The van der Waals surface area contributed by atoms with E-state index in [0.717, 1.165) is 16.5 Å². The zero-order valence-electron chi connectivity index (χ0n) is 16.7. The number of non-ortho nitro benzene ring substituents is 1. The standard InChI is InChI=1S/C22H19N5O3S/c1-2-26-21(17-8-5-9-19(13-17)27(29)30)24-25-22(26)31-14-20(28)23-18-11-10-15-6-3-4-7-16(15)12-18/h3-13H,2,14H2,1H3,(H,23,28). The van der Waals surface area contributed by atoms with E-state index in [1.165, 1.54) is 23.9 Å². The molecule has 0 saturated carbocycles. The van der Waals surface area contributed by atoms with E-state index in [1.807, 2.05) is 54.0 Å². The second-order valence-electron chi connectivity index (χ2n) is 6.76. The molecule has 0 fully saturated rings. The molecule has 4 rings (SSSR count). The van der Waals surface area contributed by atoms with Gasteiger partial charge in [0, 0.05) is 29.9 Å². The lowest BCUT2D eigenvalue weighted by Crippen LogP contribution is -2.14. The minimum atomic E-state index is -0.442. The van der Waals surface area contributed by atoms with Crippen LogP contribution in [0.5, 0.6) is 0 Å². The minimum Gasteiger partial charge on any atom is -0.325 e. The molecular formula is C22H19N5O3S. The van der Waals surface area contributed by atoms with Crippen LogP contribution in [0, 0.1) is 10.1 Å². The van der Waals surface area contributed by atoms with Crippen LogP contribution < -0.4 is 5.32 Å². The van der Waals surface area contributed by atoms with Gasteiger partial charge in [0.15, 0.2) is 11.0 Å². The summed E-state index contributed by atoms with van der Waals surface area (Å²) < 4.78 is 1.84. The minimum absolute atomic E-state index is 0.00730. The van der Waals surface area contributed by atoms with Gasteiger partial charge in [-0.2, -0.15) is 0 Å². The lowest BCUT2D eigenvalue weighted by atomic mass is 10.1. The van der Waals surface area contributed by atoms with E-state index in [1.54, 1.807) is 12.1 Å². The molecule has 156 valence electrons. The number of fused-ring (bicyclic) bond motifs is 1. The number of nitro groups is 1. The molecule has 9 heteroatoms. The number of amides is 1. The van der Waals surface area contributed by atoms with Gasteiger partial charge < -0.3 is 9.88 Å². The Kier molecular flexibility index (Phi) is 5.94. The van der Waals surface area contributed by atoms with Gasteiger partial charge in [-0.1, -0.05) is 54.2 Å². The highest BCUT2D eigenvalue weighted by Crippen LogP contribution is 2.27. The molecule has 0 spiro atoms.